The van der Waals surface area contributed by atoms with Crippen LogP contribution in [0.4, 0.5) is 4.39 Å². The number of nitrogens with zero attached hydrogens (tertiary/aromatic N) is 2. The highest BCUT2D eigenvalue weighted by atomic mass is 32.2. The van der Waals surface area contributed by atoms with E-state index >= 15 is 4.39 Å². The van der Waals surface area contributed by atoms with Gasteiger partial charge in [-0.1, -0.05) is 35.9 Å². The average Bonchev–Trinajstić information content (AvgIpc) is 3.39. The highest BCUT2D eigenvalue weighted by molar-refractivity contribution is 7.85. The number of carboxylic acids is 1. The summed E-state index contributed by atoms with van der Waals surface area (Å²) in [6.07, 6.45) is 1.33. The van der Waals surface area contributed by atoms with Crippen LogP contribution in [-0.2, 0) is 17.4 Å². The molecule has 9 heteroatoms. The Labute approximate surface area is 251 Å². The van der Waals surface area contributed by atoms with Crippen molar-refractivity contribution < 1.29 is 28.0 Å². The van der Waals surface area contributed by atoms with E-state index in [2.05, 4.69) is 24.3 Å². The second-order valence-corrected chi connectivity index (χ2v) is 12.4. The van der Waals surface area contributed by atoms with Crippen LogP contribution in [0.1, 0.15) is 40.4 Å². The molecule has 1 aliphatic rings. The molecular formula is C34H31FN2O5S. The summed E-state index contributed by atoms with van der Waals surface area (Å²) in [5.41, 5.74) is 5.71. The lowest BCUT2D eigenvalue weighted by atomic mass is 9.99. The van der Waals surface area contributed by atoms with Gasteiger partial charge in [0.15, 0.2) is 0 Å². The fourth-order valence-corrected chi connectivity index (χ4v) is 6.86. The molecule has 1 aromatic heterocycles. The first-order valence-corrected chi connectivity index (χ1v) is 15.6. The molecule has 0 atom stereocenters. The molecule has 1 aliphatic heterocycles. The molecule has 43 heavy (non-hydrogen) atoms. The van der Waals surface area contributed by atoms with Gasteiger partial charge in [0.1, 0.15) is 29.7 Å². The number of halogens is 1. The van der Waals surface area contributed by atoms with Crippen LogP contribution in [0.15, 0.2) is 78.9 Å². The summed E-state index contributed by atoms with van der Waals surface area (Å²) in [5, 5.41) is 9.50. The molecular weight excluding hydrogens is 567 g/mol. The number of aromatic nitrogens is 2. The molecule has 4 aromatic carbocycles. The molecule has 1 fully saturated rings. The lowest BCUT2D eigenvalue weighted by molar-refractivity contribution is 0.0697. The summed E-state index contributed by atoms with van der Waals surface area (Å²) in [6.45, 7) is 2.24. The van der Waals surface area contributed by atoms with E-state index in [9.17, 15) is 14.1 Å². The second-order valence-electron chi connectivity index (χ2n) is 10.7. The van der Waals surface area contributed by atoms with E-state index in [0.717, 1.165) is 22.2 Å². The number of fused-ring (bicyclic) bond motifs is 1. The molecule has 0 unspecified atom stereocenters. The average molecular weight is 599 g/mol. The van der Waals surface area contributed by atoms with Crippen LogP contribution in [-0.4, -0.2) is 43.5 Å². The number of aryl methyl sites for hydroxylation is 1. The number of carbonyl (C=O) groups is 1. The number of ether oxygens (including phenoxy) is 2. The molecule has 7 nitrogen and oxygen atoms in total. The summed E-state index contributed by atoms with van der Waals surface area (Å²) in [4.78, 5) is 16.3. The van der Waals surface area contributed by atoms with Crippen molar-refractivity contribution in [3.05, 3.63) is 101 Å². The molecule has 0 spiro atoms. The monoisotopic (exact) mass is 598 g/mol. The lowest BCUT2D eigenvalue weighted by Crippen LogP contribution is -2.22. The Morgan fingerprint density at radius 3 is 2.40 bits per heavy atom. The van der Waals surface area contributed by atoms with E-state index in [0.29, 0.717) is 47.2 Å². The Morgan fingerprint density at radius 1 is 0.977 bits per heavy atom. The Bertz CT molecular complexity index is 1840. The number of hydrogen-bond acceptors (Lipinski definition) is 5. The van der Waals surface area contributed by atoms with Crippen molar-refractivity contribution in [1.29, 1.82) is 0 Å². The molecule has 0 amide bonds. The van der Waals surface area contributed by atoms with Gasteiger partial charge >= 0.3 is 5.97 Å². The van der Waals surface area contributed by atoms with Crippen LogP contribution < -0.4 is 9.47 Å². The van der Waals surface area contributed by atoms with E-state index in [1.54, 1.807) is 25.3 Å². The standard InChI is InChI=1S/C34H31FN2O5S/c1-21-3-5-22(6-4-21)28-10-8-26(41-2)17-24(28)20-42-27-9-11-29(30(35)19-27)33-36-31-18-23(34(38)39)7-12-32(31)37(33)25-13-15-43(40)16-14-25/h3-12,17-19,25H,13-16,20H2,1-2H3,(H,38,39). The molecule has 0 bridgehead atoms. The molecule has 1 N–H and O–H groups in total. The summed E-state index contributed by atoms with van der Waals surface area (Å²) >= 11 is 0. The van der Waals surface area contributed by atoms with E-state index in [1.807, 2.05) is 29.7 Å². The molecule has 0 saturated carbocycles. The Morgan fingerprint density at radius 2 is 1.70 bits per heavy atom. The van der Waals surface area contributed by atoms with Crippen molar-refractivity contribution in [3.63, 3.8) is 0 Å². The minimum Gasteiger partial charge on any atom is -0.497 e. The SMILES string of the molecule is COc1ccc(-c2ccc(C)cc2)c(COc2ccc(-c3nc4cc(C(=O)O)ccc4n3C3CCS(=O)CC3)c(F)c2)c1. The zero-order chi connectivity index (χ0) is 30.1. The third-order valence-corrected chi connectivity index (χ3v) is 9.29. The fraction of sp³-hybridized carbons (Fsp3) is 0.235. The maximum Gasteiger partial charge on any atom is 0.335 e. The van der Waals surface area contributed by atoms with Gasteiger partial charge in [-0.05, 0) is 73.4 Å². The zero-order valence-electron chi connectivity index (χ0n) is 23.9. The van der Waals surface area contributed by atoms with Gasteiger partial charge in [-0.25, -0.2) is 14.2 Å². The number of methoxy groups -OCH3 is 1. The van der Waals surface area contributed by atoms with E-state index in [1.165, 1.54) is 23.8 Å². The van der Waals surface area contributed by atoms with Gasteiger partial charge in [0.2, 0.25) is 0 Å². The summed E-state index contributed by atoms with van der Waals surface area (Å²) in [7, 11) is 0.743. The van der Waals surface area contributed by atoms with Gasteiger partial charge < -0.3 is 19.1 Å². The summed E-state index contributed by atoms with van der Waals surface area (Å²) in [5.74, 6) is 1.03. The van der Waals surface area contributed by atoms with Gasteiger partial charge in [0.25, 0.3) is 0 Å². The van der Waals surface area contributed by atoms with Crippen molar-refractivity contribution >= 4 is 27.8 Å². The normalized spacial score (nSPS) is 16.7. The number of aromatic carboxylic acids is 1. The van der Waals surface area contributed by atoms with Crippen LogP contribution in [0.2, 0.25) is 0 Å². The quantitative estimate of drug-likeness (QED) is 0.203. The van der Waals surface area contributed by atoms with Gasteiger partial charge in [-0.3, -0.25) is 4.21 Å². The van der Waals surface area contributed by atoms with Gasteiger partial charge in [0, 0.05) is 40.0 Å². The van der Waals surface area contributed by atoms with E-state index in [4.69, 9.17) is 14.5 Å². The van der Waals surface area contributed by atoms with Crippen molar-refractivity contribution in [2.75, 3.05) is 18.6 Å². The largest absolute Gasteiger partial charge is 0.497 e. The highest BCUT2D eigenvalue weighted by Crippen LogP contribution is 2.36. The predicted molar refractivity (Wildman–Crippen MR) is 166 cm³/mol. The smallest absolute Gasteiger partial charge is 0.335 e. The van der Waals surface area contributed by atoms with E-state index in [-0.39, 0.29) is 23.8 Å². The van der Waals surface area contributed by atoms with Crippen molar-refractivity contribution in [2.45, 2.75) is 32.4 Å². The lowest BCUT2D eigenvalue weighted by Gasteiger charge is -2.25. The minimum absolute atomic E-state index is 0.0306. The molecule has 5 aromatic rings. The maximum atomic E-state index is 15.8. The second kappa shape index (κ2) is 12.0. The number of benzene rings is 4. The third kappa shape index (κ3) is 5.90. The van der Waals surface area contributed by atoms with Crippen LogP contribution in [0.3, 0.4) is 0 Å². The first-order valence-electron chi connectivity index (χ1n) is 14.1. The highest BCUT2D eigenvalue weighted by Gasteiger charge is 2.26. The van der Waals surface area contributed by atoms with Crippen molar-refractivity contribution in [1.82, 2.24) is 9.55 Å². The zero-order valence-corrected chi connectivity index (χ0v) is 24.7. The first-order chi connectivity index (χ1) is 20.8. The van der Waals surface area contributed by atoms with Crippen LogP contribution in [0, 0.1) is 12.7 Å². The van der Waals surface area contributed by atoms with Crippen LogP contribution >= 0.6 is 0 Å². The van der Waals surface area contributed by atoms with Crippen molar-refractivity contribution in [3.8, 4) is 34.0 Å². The number of hydrogen-bond donors (Lipinski definition) is 1. The third-order valence-electron chi connectivity index (χ3n) is 7.91. The molecule has 6 rings (SSSR count). The molecule has 220 valence electrons. The first kappa shape index (κ1) is 28.6. The topological polar surface area (TPSA) is 90.7 Å². The predicted octanol–water partition coefficient (Wildman–Crippen LogP) is 7.19. The summed E-state index contributed by atoms with van der Waals surface area (Å²) in [6, 6.07) is 23.5. The van der Waals surface area contributed by atoms with Crippen LogP contribution in [0.25, 0.3) is 33.5 Å². The Balaban J connectivity index is 1.33. The van der Waals surface area contributed by atoms with Crippen molar-refractivity contribution in [2.24, 2.45) is 0 Å². The summed E-state index contributed by atoms with van der Waals surface area (Å²) < 4.78 is 41.4. The van der Waals surface area contributed by atoms with Gasteiger partial charge in [0.05, 0.1) is 29.3 Å². The van der Waals surface area contributed by atoms with E-state index < -0.39 is 22.6 Å². The number of rotatable bonds is 8. The number of carboxylic acid groups (broad SMARTS) is 1. The molecule has 0 radical (unpaired) electrons. The number of imidazole rings is 1. The minimum atomic E-state index is -1.06. The molecule has 1 saturated heterocycles. The Kier molecular flexibility index (Phi) is 7.99. The van der Waals surface area contributed by atoms with Gasteiger partial charge in [-0.15, -0.1) is 0 Å². The molecule has 0 aliphatic carbocycles. The Hall–Kier alpha value is -4.50. The molecule has 2 heterocycles. The fourth-order valence-electron chi connectivity index (χ4n) is 5.59. The van der Waals surface area contributed by atoms with Crippen LogP contribution in [0.5, 0.6) is 11.5 Å². The maximum absolute atomic E-state index is 15.8. The van der Waals surface area contributed by atoms with Gasteiger partial charge in [-0.2, -0.15) is 0 Å².